The van der Waals surface area contributed by atoms with Crippen molar-refractivity contribution in [3.63, 3.8) is 0 Å². The molecule has 0 atom stereocenters. The summed E-state index contributed by atoms with van der Waals surface area (Å²) >= 11 is 6.01. The minimum Gasteiger partial charge on any atom is -0.368 e. The summed E-state index contributed by atoms with van der Waals surface area (Å²) in [6, 6.07) is 0. The summed E-state index contributed by atoms with van der Waals surface area (Å²) in [6.45, 7) is 1.70. The number of hydrogen-bond donors (Lipinski definition) is 1. The van der Waals surface area contributed by atoms with E-state index >= 15 is 0 Å². The molecule has 0 spiro atoms. The van der Waals surface area contributed by atoms with Crippen LogP contribution in [0.4, 0.5) is 5.95 Å². The van der Waals surface area contributed by atoms with Gasteiger partial charge in [0, 0.05) is 28.6 Å². The molecule has 0 bridgehead atoms. The standard InChI is InChI=1S/C12H14ClN3O3S/c1-2-19-20(17,18)11-4-3-9(13)5-10(11)8-6-15-12(14)16-7-8/h5-7H,2-4H2,1H3,(H2,14,15,16). The van der Waals surface area contributed by atoms with Crippen molar-refractivity contribution in [2.45, 2.75) is 19.8 Å². The first kappa shape index (κ1) is 15.0. The van der Waals surface area contributed by atoms with Gasteiger partial charge in [-0.3, -0.25) is 4.18 Å². The Kier molecular flexibility index (Phi) is 4.42. The van der Waals surface area contributed by atoms with E-state index in [1.807, 2.05) is 0 Å². The number of allylic oxidation sites excluding steroid dienone is 4. The maximum absolute atomic E-state index is 12.1. The molecule has 8 heteroatoms. The highest BCUT2D eigenvalue weighted by Gasteiger charge is 2.26. The third-order valence-electron chi connectivity index (χ3n) is 2.75. The number of anilines is 1. The van der Waals surface area contributed by atoms with Crippen molar-refractivity contribution in [1.82, 2.24) is 9.97 Å². The summed E-state index contributed by atoms with van der Waals surface area (Å²) in [4.78, 5) is 7.92. The zero-order chi connectivity index (χ0) is 14.8. The largest absolute Gasteiger partial charge is 0.368 e. The van der Waals surface area contributed by atoms with Crippen molar-refractivity contribution in [3.05, 3.63) is 34.0 Å². The molecule has 0 aliphatic heterocycles. The highest BCUT2D eigenvalue weighted by molar-refractivity contribution is 7.90. The van der Waals surface area contributed by atoms with Crippen LogP contribution >= 0.6 is 11.6 Å². The first-order valence-electron chi connectivity index (χ1n) is 6.00. The van der Waals surface area contributed by atoms with E-state index in [1.54, 1.807) is 13.0 Å². The number of nitrogens with zero attached hydrogens (tertiary/aromatic N) is 2. The van der Waals surface area contributed by atoms with Crippen molar-refractivity contribution in [2.24, 2.45) is 0 Å². The smallest absolute Gasteiger partial charge is 0.293 e. The van der Waals surface area contributed by atoms with Crippen LogP contribution in [0.25, 0.3) is 5.57 Å². The summed E-state index contributed by atoms with van der Waals surface area (Å²) in [5.74, 6) is 0.120. The fourth-order valence-corrected chi connectivity index (χ4v) is 3.34. The molecule has 0 unspecified atom stereocenters. The zero-order valence-electron chi connectivity index (χ0n) is 10.8. The van der Waals surface area contributed by atoms with E-state index in [0.717, 1.165) is 0 Å². The first-order valence-corrected chi connectivity index (χ1v) is 7.79. The minimum absolute atomic E-state index is 0.0782. The van der Waals surface area contributed by atoms with Gasteiger partial charge in [-0.2, -0.15) is 8.42 Å². The van der Waals surface area contributed by atoms with Crippen LogP contribution in [0.1, 0.15) is 25.3 Å². The third-order valence-corrected chi connectivity index (χ3v) is 4.62. The van der Waals surface area contributed by atoms with Gasteiger partial charge in [-0.15, -0.1) is 0 Å². The van der Waals surface area contributed by atoms with Gasteiger partial charge in [-0.1, -0.05) is 11.6 Å². The summed E-state index contributed by atoms with van der Waals surface area (Å²) < 4.78 is 29.1. The number of aromatic nitrogens is 2. The number of hydrogen-bond acceptors (Lipinski definition) is 6. The van der Waals surface area contributed by atoms with Gasteiger partial charge in [0.25, 0.3) is 10.1 Å². The zero-order valence-corrected chi connectivity index (χ0v) is 12.4. The number of nitrogen functional groups attached to an aromatic ring is 1. The van der Waals surface area contributed by atoms with Crippen LogP contribution in [0.3, 0.4) is 0 Å². The average molecular weight is 316 g/mol. The van der Waals surface area contributed by atoms with Gasteiger partial charge in [-0.05, 0) is 25.8 Å². The lowest BCUT2D eigenvalue weighted by atomic mass is 10.0. The Morgan fingerprint density at radius 3 is 2.60 bits per heavy atom. The fourth-order valence-electron chi connectivity index (χ4n) is 1.88. The van der Waals surface area contributed by atoms with Crippen molar-refractivity contribution in [2.75, 3.05) is 12.3 Å². The highest BCUT2D eigenvalue weighted by Crippen LogP contribution is 2.35. The second-order valence-electron chi connectivity index (χ2n) is 4.12. The SMILES string of the molecule is CCOS(=O)(=O)C1=C(c2cnc(N)nc2)C=C(Cl)CC1. The van der Waals surface area contributed by atoms with Crippen LogP contribution in [0.5, 0.6) is 0 Å². The molecular weight excluding hydrogens is 302 g/mol. The predicted octanol–water partition coefficient (Wildman–Crippen LogP) is 2.05. The molecule has 20 heavy (non-hydrogen) atoms. The first-order chi connectivity index (χ1) is 9.44. The molecule has 1 aliphatic carbocycles. The summed E-state index contributed by atoms with van der Waals surface area (Å²) in [5.41, 5.74) is 6.42. The van der Waals surface area contributed by atoms with Gasteiger partial charge < -0.3 is 5.73 Å². The molecule has 1 heterocycles. The summed E-state index contributed by atoms with van der Waals surface area (Å²) in [5, 5.41) is 0.576. The normalized spacial score (nSPS) is 16.2. The Morgan fingerprint density at radius 2 is 2.00 bits per heavy atom. The summed E-state index contributed by atoms with van der Waals surface area (Å²) in [7, 11) is -3.77. The van der Waals surface area contributed by atoms with Crippen LogP contribution in [0, 0.1) is 0 Å². The van der Waals surface area contributed by atoms with Gasteiger partial charge >= 0.3 is 0 Å². The van der Waals surface area contributed by atoms with Crippen LogP contribution in [0.2, 0.25) is 0 Å². The Labute approximate surface area is 122 Å². The molecule has 0 saturated carbocycles. The molecule has 6 nitrogen and oxygen atoms in total. The lowest BCUT2D eigenvalue weighted by Gasteiger charge is -2.17. The predicted molar refractivity (Wildman–Crippen MR) is 77.1 cm³/mol. The average Bonchev–Trinajstić information content (AvgIpc) is 2.39. The number of halogens is 1. The van der Waals surface area contributed by atoms with Crippen LogP contribution in [-0.2, 0) is 14.3 Å². The van der Waals surface area contributed by atoms with E-state index in [2.05, 4.69) is 9.97 Å². The van der Waals surface area contributed by atoms with Crippen molar-refractivity contribution in [3.8, 4) is 0 Å². The van der Waals surface area contributed by atoms with Gasteiger partial charge in [0.05, 0.1) is 11.5 Å². The molecule has 1 aliphatic rings. The molecule has 1 aromatic heterocycles. The van der Waals surface area contributed by atoms with Crippen LogP contribution in [0.15, 0.2) is 28.4 Å². The lowest BCUT2D eigenvalue weighted by molar-refractivity contribution is 0.342. The van der Waals surface area contributed by atoms with E-state index in [-0.39, 0.29) is 23.9 Å². The van der Waals surface area contributed by atoms with Crippen molar-refractivity contribution in [1.29, 1.82) is 0 Å². The molecule has 0 radical (unpaired) electrons. The molecule has 2 rings (SSSR count). The molecule has 0 saturated heterocycles. The van der Waals surface area contributed by atoms with Crippen molar-refractivity contribution >= 4 is 33.2 Å². The van der Waals surface area contributed by atoms with Gasteiger partial charge in [0.1, 0.15) is 0 Å². The maximum atomic E-state index is 12.1. The Hall–Kier alpha value is -1.44. The topological polar surface area (TPSA) is 95.2 Å². The Morgan fingerprint density at radius 1 is 1.35 bits per heavy atom. The molecule has 2 N–H and O–H groups in total. The second-order valence-corrected chi connectivity index (χ2v) is 6.24. The monoisotopic (exact) mass is 315 g/mol. The van der Waals surface area contributed by atoms with E-state index in [4.69, 9.17) is 21.5 Å². The lowest BCUT2D eigenvalue weighted by Crippen LogP contribution is -2.13. The molecular formula is C12H14ClN3O3S. The minimum atomic E-state index is -3.77. The Bertz CT molecular complexity index is 666. The summed E-state index contributed by atoms with van der Waals surface area (Å²) in [6.07, 6.45) is 5.28. The molecule has 0 fully saturated rings. The van der Waals surface area contributed by atoms with Crippen molar-refractivity contribution < 1.29 is 12.6 Å². The van der Waals surface area contributed by atoms with E-state index in [0.29, 0.717) is 22.6 Å². The van der Waals surface area contributed by atoms with E-state index in [9.17, 15) is 8.42 Å². The molecule has 108 valence electrons. The van der Waals surface area contributed by atoms with Crippen LogP contribution in [-0.4, -0.2) is 25.0 Å². The van der Waals surface area contributed by atoms with Gasteiger partial charge in [-0.25, -0.2) is 9.97 Å². The quantitative estimate of drug-likeness (QED) is 0.854. The van der Waals surface area contributed by atoms with E-state index < -0.39 is 10.1 Å². The highest BCUT2D eigenvalue weighted by atomic mass is 35.5. The van der Waals surface area contributed by atoms with Gasteiger partial charge in [0.2, 0.25) is 5.95 Å². The van der Waals surface area contributed by atoms with E-state index in [1.165, 1.54) is 12.4 Å². The maximum Gasteiger partial charge on any atom is 0.293 e. The Balaban J connectivity index is 2.57. The molecule has 1 aromatic rings. The molecule has 0 aromatic carbocycles. The third kappa shape index (κ3) is 3.17. The van der Waals surface area contributed by atoms with Crippen LogP contribution < -0.4 is 5.73 Å². The van der Waals surface area contributed by atoms with Gasteiger partial charge in [0.15, 0.2) is 0 Å². The molecule has 0 amide bonds. The number of rotatable bonds is 4. The fraction of sp³-hybridized carbons (Fsp3) is 0.333. The number of nitrogens with two attached hydrogens (primary N) is 1. The second kappa shape index (κ2) is 5.90.